The van der Waals surface area contributed by atoms with Crippen LogP contribution in [0.5, 0.6) is 17.2 Å². The van der Waals surface area contributed by atoms with Crippen molar-refractivity contribution in [3.8, 4) is 17.2 Å². The van der Waals surface area contributed by atoms with Crippen LogP contribution in [0.4, 0.5) is 0 Å². The maximum atomic E-state index is 12.4. The van der Waals surface area contributed by atoms with Crippen molar-refractivity contribution in [2.24, 2.45) is 0 Å². The van der Waals surface area contributed by atoms with Crippen molar-refractivity contribution in [2.75, 3.05) is 0 Å². The van der Waals surface area contributed by atoms with Gasteiger partial charge in [-0.3, -0.25) is 4.79 Å². The Kier molecular flexibility index (Phi) is 5.69. The van der Waals surface area contributed by atoms with E-state index in [-0.39, 0.29) is 29.0 Å². The third kappa shape index (κ3) is 4.62. The summed E-state index contributed by atoms with van der Waals surface area (Å²) in [7, 11) is 0. The number of carbonyl (C=O) groups excluding carboxylic acids is 1. The molecule has 6 heteroatoms. The highest BCUT2D eigenvalue weighted by Gasteiger charge is 2.28. The van der Waals surface area contributed by atoms with Crippen LogP contribution in [-0.2, 0) is 6.42 Å². The van der Waals surface area contributed by atoms with E-state index in [9.17, 15) is 30.3 Å². The van der Waals surface area contributed by atoms with Crippen LogP contribution in [0.1, 0.15) is 35.3 Å². The maximum Gasteiger partial charge on any atom is 0.189 e. The Hall–Kier alpha value is -2.83. The summed E-state index contributed by atoms with van der Waals surface area (Å²) in [6.45, 7) is 2.81. The van der Waals surface area contributed by atoms with E-state index in [2.05, 4.69) is 0 Å². The fourth-order valence-electron chi connectivity index (χ4n) is 2.32. The molecule has 2 aromatic carbocycles. The Bertz CT molecular complexity index is 815. The van der Waals surface area contributed by atoms with Crippen LogP contribution in [0.25, 0.3) is 6.08 Å². The topological polar surface area (TPSA) is 118 Å². The number of benzene rings is 2. The van der Waals surface area contributed by atoms with Crippen LogP contribution in [-0.4, -0.2) is 43.0 Å². The molecule has 0 aliphatic carbocycles. The largest absolute Gasteiger partial charge is 0.508 e. The van der Waals surface area contributed by atoms with E-state index >= 15 is 0 Å². The summed E-state index contributed by atoms with van der Waals surface area (Å²) >= 11 is 0. The van der Waals surface area contributed by atoms with E-state index < -0.39 is 23.2 Å². The number of rotatable bonds is 6. The van der Waals surface area contributed by atoms with Gasteiger partial charge < -0.3 is 25.5 Å². The van der Waals surface area contributed by atoms with Gasteiger partial charge in [-0.25, -0.2) is 0 Å². The molecule has 138 valence electrons. The Morgan fingerprint density at radius 3 is 2.27 bits per heavy atom. The fourth-order valence-corrected chi connectivity index (χ4v) is 2.32. The van der Waals surface area contributed by atoms with Gasteiger partial charge in [-0.2, -0.15) is 0 Å². The summed E-state index contributed by atoms with van der Waals surface area (Å²) in [5, 5.41) is 49.4. The summed E-state index contributed by atoms with van der Waals surface area (Å²) < 4.78 is 0. The normalized spacial score (nSPS) is 13.1. The van der Waals surface area contributed by atoms with Crippen molar-refractivity contribution < 1.29 is 30.3 Å². The molecule has 0 saturated carbocycles. The third-order valence-electron chi connectivity index (χ3n) is 4.06. The second kappa shape index (κ2) is 7.59. The number of phenolic OH excluding ortho intramolecular Hbond substituents is 3. The van der Waals surface area contributed by atoms with Gasteiger partial charge in [0.2, 0.25) is 0 Å². The van der Waals surface area contributed by atoms with E-state index in [1.165, 1.54) is 50.3 Å². The van der Waals surface area contributed by atoms with Crippen LogP contribution in [0, 0.1) is 0 Å². The molecule has 0 amide bonds. The second-order valence-corrected chi connectivity index (χ2v) is 6.62. The minimum absolute atomic E-state index is 0.0106. The molecule has 0 aliphatic rings. The molecule has 0 fully saturated rings. The third-order valence-corrected chi connectivity index (χ3v) is 4.06. The number of ketones is 1. The van der Waals surface area contributed by atoms with Gasteiger partial charge in [0.15, 0.2) is 5.78 Å². The smallest absolute Gasteiger partial charge is 0.189 e. The van der Waals surface area contributed by atoms with Gasteiger partial charge in [-0.1, -0.05) is 18.2 Å². The van der Waals surface area contributed by atoms with Crippen molar-refractivity contribution in [3.05, 3.63) is 59.2 Å². The van der Waals surface area contributed by atoms with Crippen molar-refractivity contribution in [1.82, 2.24) is 0 Å². The molecule has 0 radical (unpaired) electrons. The molecule has 0 spiro atoms. The lowest BCUT2D eigenvalue weighted by Gasteiger charge is -2.25. The highest BCUT2D eigenvalue weighted by atomic mass is 16.3. The number of aromatic hydroxyl groups is 3. The Labute approximate surface area is 151 Å². The van der Waals surface area contributed by atoms with Crippen molar-refractivity contribution >= 4 is 11.9 Å². The molecule has 5 N–H and O–H groups in total. The number of carbonyl (C=O) groups is 1. The Balaban J connectivity index is 2.28. The lowest BCUT2D eigenvalue weighted by molar-refractivity contribution is -0.0472. The SMILES string of the molecule is CC(C)(O)[C@H](O)Cc1c(O)ccc(C(=O)C=Cc2ccc(O)cc2)c1O. The minimum Gasteiger partial charge on any atom is -0.508 e. The first-order valence-corrected chi connectivity index (χ1v) is 8.05. The zero-order chi connectivity index (χ0) is 19.5. The minimum atomic E-state index is -1.43. The van der Waals surface area contributed by atoms with Gasteiger partial charge in [-0.15, -0.1) is 0 Å². The van der Waals surface area contributed by atoms with Crippen LogP contribution in [0.15, 0.2) is 42.5 Å². The molecule has 0 unspecified atom stereocenters. The quantitative estimate of drug-likeness (QED) is 0.400. The molecule has 0 heterocycles. The highest BCUT2D eigenvalue weighted by molar-refractivity contribution is 6.09. The van der Waals surface area contributed by atoms with E-state index in [0.29, 0.717) is 5.56 Å². The molecular formula is C20H22O6. The molecular weight excluding hydrogens is 336 g/mol. The molecule has 2 rings (SSSR count). The number of aliphatic hydroxyl groups excluding tert-OH is 1. The molecule has 0 saturated heterocycles. The fraction of sp³-hybridized carbons (Fsp3) is 0.250. The lowest BCUT2D eigenvalue weighted by atomic mass is 9.92. The van der Waals surface area contributed by atoms with E-state index in [1.807, 2.05) is 0 Å². The molecule has 6 nitrogen and oxygen atoms in total. The number of aliphatic hydroxyl groups is 2. The van der Waals surface area contributed by atoms with Crippen LogP contribution in [0.3, 0.4) is 0 Å². The maximum absolute atomic E-state index is 12.4. The van der Waals surface area contributed by atoms with Crippen molar-refractivity contribution in [1.29, 1.82) is 0 Å². The Morgan fingerprint density at radius 2 is 1.69 bits per heavy atom. The molecule has 0 bridgehead atoms. The first-order chi connectivity index (χ1) is 12.1. The first-order valence-electron chi connectivity index (χ1n) is 8.05. The number of allylic oxidation sites excluding steroid dienone is 1. The average molecular weight is 358 g/mol. The predicted molar refractivity (Wildman–Crippen MR) is 97.3 cm³/mol. The first kappa shape index (κ1) is 19.5. The number of hydrogen-bond donors (Lipinski definition) is 5. The number of phenols is 3. The summed E-state index contributed by atoms with van der Waals surface area (Å²) in [6.07, 6.45) is 1.33. The highest BCUT2D eigenvalue weighted by Crippen LogP contribution is 2.33. The van der Waals surface area contributed by atoms with Gasteiger partial charge in [0.1, 0.15) is 17.2 Å². The van der Waals surface area contributed by atoms with Gasteiger partial charge in [-0.05, 0) is 49.8 Å². The van der Waals surface area contributed by atoms with Gasteiger partial charge in [0.05, 0.1) is 17.3 Å². The zero-order valence-electron chi connectivity index (χ0n) is 14.5. The summed E-state index contributed by atoms with van der Waals surface area (Å²) in [6, 6.07) is 8.76. The summed E-state index contributed by atoms with van der Waals surface area (Å²) in [4.78, 5) is 12.4. The predicted octanol–water partition coefficient (Wildman–Crippen LogP) is 2.37. The molecule has 2 aromatic rings. The van der Waals surface area contributed by atoms with Gasteiger partial charge >= 0.3 is 0 Å². The molecule has 1 atom stereocenters. The van der Waals surface area contributed by atoms with Crippen LogP contribution < -0.4 is 0 Å². The monoisotopic (exact) mass is 358 g/mol. The van der Waals surface area contributed by atoms with E-state index in [0.717, 1.165) is 0 Å². The average Bonchev–Trinajstić information content (AvgIpc) is 2.56. The molecule has 0 aromatic heterocycles. The van der Waals surface area contributed by atoms with Crippen LogP contribution >= 0.6 is 0 Å². The second-order valence-electron chi connectivity index (χ2n) is 6.62. The Morgan fingerprint density at radius 1 is 1.08 bits per heavy atom. The summed E-state index contributed by atoms with van der Waals surface area (Å²) in [5.41, 5.74) is -0.788. The standard InChI is InChI=1S/C20H22O6/c1-20(2,26)18(24)11-15-17(23)10-8-14(19(15)25)16(22)9-5-12-3-6-13(21)7-4-12/h3-10,18,21,23-26H,11H2,1-2H3/t18-/m1/s1. The van der Waals surface area contributed by atoms with E-state index in [1.54, 1.807) is 12.1 Å². The molecule has 0 aliphatic heterocycles. The zero-order valence-corrected chi connectivity index (χ0v) is 14.5. The van der Waals surface area contributed by atoms with E-state index in [4.69, 9.17) is 0 Å². The number of hydrogen-bond acceptors (Lipinski definition) is 6. The van der Waals surface area contributed by atoms with Gasteiger partial charge in [0, 0.05) is 12.0 Å². The molecule has 26 heavy (non-hydrogen) atoms. The lowest BCUT2D eigenvalue weighted by Crippen LogP contribution is -2.37. The van der Waals surface area contributed by atoms with Gasteiger partial charge in [0.25, 0.3) is 0 Å². The summed E-state index contributed by atoms with van der Waals surface area (Å²) in [5.74, 6) is -1.09. The van der Waals surface area contributed by atoms with Crippen LogP contribution in [0.2, 0.25) is 0 Å². The van der Waals surface area contributed by atoms with Crippen molar-refractivity contribution in [2.45, 2.75) is 32.0 Å². The van der Waals surface area contributed by atoms with Crippen molar-refractivity contribution in [3.63, 3.8) is 0 Å².